The number of hydrogen-bond donors (Lipinski definition) is 1. The number of rotatable bonds is 4. The Kier molecular flexibility index (Phi) is 9.00. The Bertz CT molecular complexity index is 136. The van der Waals surface area contributed by atoms with Gasteiger partial charge >= 0.3 is 5.97 Å². The van der Waals surface area contributed by atoms with Gasteiger partial charge in [-0.25, -0.2) is 4.79 Å². The SMILES string of the molecule is C=C(C)C(=O)ONCCC.Cl. The average Bonchev–Trinajstić information content (AvgIpc) is 1.88. The van der Waals surface area contributed by atoms with Crippen LogP contribution in [0, 0.1) is 0 Å². The Balaban J connectivity index is 0. The zero-order valence-electron chi connectivity index (χ0n) is 6.85. The molecule has 0 unspecified atom stereocenters. The lowest BCUT2D eigenvalue weighted by molar-refractivity contribution is -0.146. The lowest BCUT2D eigenvalue weighted by Gasteiger charge is -2.02. The molecule has 0 fully saturated rings. The summed E-state index contributed by atoms with van der Waals surface area (Å²) < 4.78 is 0. The highest BCUT2D eigenvalue weighted by Crippen LogP contribution is 1.88. The summed E-state index contributed by atoms with van der Waals surface area (Å²) in [6.45, 7) is 7.69. The first-order valence-corrected chi connectivity index (χ1v) is 3.28. The number of carbonyl (C=O) groups is 1. The van der Waals surface area contributed by atoms with Crippen molar-refractivity contribution in [2.45, 2.75) is 20.3 Å². The zero-order valence-corrected chi connectivity index (χ0v) is 7.66. The highest BCUT2D eigenvalue weighted by atomic mass is 35.5. The van der Waals surface area contributed by atoms with Crippen molar-refractivity contribution < 1.29 is 9.63 Å². The minimum Gasteiger partial charge on any atom is -0.367 e. The second-order valence-electron chi connectivity index (χ2n) is 2.06. The summed E-state index contributed by atoms with van der Waals surface area (Å²) >= 11 is 0. The fourth-order valence-corrected chi connectivity index (χ4v) is 0.306. The third-order valence-electron chi connectivity index (χ3n) is 0.865. The third-order valence-corrected chi connectivity index (χ3v) is 0.865. The number of hydrogen-bond acceptors (Lipinski definition) is 3. The van der Waals surface area contributed by atoms with Crippen molar-refractivity contribution in [1.29, 1.82) is 0 Å². The van der Waals surface area contributed by atoms with Crippen LogP contribution in [0.15, 0.2) is 12.2 Å². The maximum atomic E-state index is 10.6. The van der Waals surface area contributed by atoms with E-state index in [9.17, 15) is 4.79 Å². The smallest absolute Gasteiger partial charge is 0.351 e. The van der Waals surface area contributed by atoms with E-state index in [4.69, 9.17) is 0 Å². The van der Waals surface area contributed by atoms with Crippen molar-refractivity contribution in [3.8, 4) is 0 Å². The van der Waals surface area contributed by atoms with E-state index in [-0.39, 0.29) is 12.4 Å². The van der Waals surface area contributed by atoms with Crippen LogP contribution >= 0.6 is 12.4 Å². The fourth-order valence-electron chi connectivity index (χ4n) is 0.306. The Morgan fingerprint density at radius 1 is 1.64 bits per heavy atom. The Hall–Kier alpha value is -0.540. The van der Waals surface area contributed by atoms with Crippen LogP contribution in [-0.2, 0) is 9.63 Å². The summed E-state index contributed by atoms with van der Waals surface area (Å²) in [6.07, 6.45) is 0.934. The molecule has 0 aromatic carbocycles. The second kappa shape index (κ2) is 7.57. The van der Waals surface area contributed by atoms with E-state index in [2.05, 4.69) is 16.9 Å². The van der Waals surface area contributed by atoms with Crippen molar-refractivity contribution in [2.24, 2.45) is 0 Å². The molecule has 0 spiro atoms. The number of halogens is 1. The van der Waals surface area contributed by atoms with E-state index in [1.165, 1.54) is 0 Å². The molecule has 0 saturated heterocycles. The molecule has 11 heavy (non-hydrogen) atoms. The largest absolute Gasteiger partial charge is 0.367 e. The zero-order chi connectivity index (χ0) is 7.98. The molecule has 0 aromatic heterocycles. The predicted octanol–water partition coefficient (Wildman–Crippen LogP) is 1.44. The van der Waals surface area contributed by atoms with Gasteiger partial charge in [-0.05, 0) is 13.3 Å². The van der Waals surface area contributed by atoms with E-state index < -0.39 is 5.97 Å². The van der Waals surface area contributed by atoms with Crippen LogP contribution in [0.1, 0.15) is 20.3 Å². The van der Waals surface area contributed by atoms with Crippen LogP contribution in [0.5, 0.6) is 0 Å². The monoisotopic (exact) mass is 179 g/mol. The maximum absolute atomic E-state index is 10.6. The fraction of sp³-hybridized carbons (Fsp3) is 0.571. The van der Waals surface area contributed by atoms with Gasteiger partial charge in [-0.3, -0.25) is 0 Å². The standard InChI is InChI=1S/C7H13NO2.ClH/c1-4-5-8-10-7(9)6(2)3;/h8H,2,4-5H2,1,3H3;1H. The molecule has 3 nitrogen and oxygen atoms in total. The normalized spacial score (nSPS) is 8.18. The molecule has 66 valence electrons. The molecule has 4 heteroatoms. The van der Waals surface area contributed by atoms with E-state index in [1.807, 2.05) is 6.92 Å². The number of carbonyl (C=O) groups excluding carboxylic acids is 1. The molecule has 0 atom stereocenters. The molecule has 0 aliphatic rings. The molecule has 0 saturated carbocycles. The highest BCUT2D eigenvalue weighted by Gasteiger charge is 2.00. The van der Waals surface area contributed by atoms with Gasteiger partial charge in [0.15, 0.2) is 0 Å². The van der Waals surface area contributed by atoms with Crippen molar-refractivity contribution >= 4 is 18.4 Å². The molecular formula is C7H14ClNO2. The summed E-state index contributed by atoms with van der Waals surface area (Å²) in [7, 11) is 0. The lowest BCUT2D eigenvalue weighted by atomic mass is 10.4. The number of nitrogens with one attached hydrogen (secondary N) is 1. The van der Waals surface area contributed by atoms with Crippen LogP contribution in [-0.4, -0.2) is 12.5 Å². The molecule has 0 aromatic rings. The molecule has 0 aliphatic carbocycles. The Morgan fingerprint density at radius 2 is 2.18 bits per heavy atom. The van der Waals surface area contributed by atoms with Gasteiger partial charge in [-0.2, -0.15) is 5.48 Å². The predicted molar refractivity (Wildman–Crippen MR) is 46.4 cm³/mol. The minimum absolute atomic E-state index is 0. The van der Waals surface area contributed by atoms with Crippen LogP contribution < -0.4 is 5.48 Å². The molecule has 0 aliphatic heterocycles. The minimum atomic E-state index is -0.395. The summed E-state index contributed by atoms with van der Waals surface area (Å²) in [4.78, 5) is 15.2. The first-order valence-electron chi connectivity index (χ1n) is 3.28. The van der Waals surface area contributed by atoms with Crippen LogP contribution in [0.4, 0.5) is 0 Å². The van der Waals surface area contributed by atoms with E-state index >= 15 is 0 Å². The molecular weight excluding hydrogens is 166 g/mol. The van der Waals surface area contributed by atoms with Gasteiger partial charge in [-0.1, -0.05) is 13.5 Å². The van der Waals surface area contributed by atoms with Crippen LogP contribution in [0.3, 0.4) is 0 Å². The maximum Gasteiger partial charge on any atom is 0.351 e. The highest BCUT2D eigenvalue weighted by molar-refractivity contribution is 5.86. The third kappa shape index (κ3) is 7.36. The summed E-state index contributed by atoms with van der Waals surface area (Å²) in [5.74, 6) is -0.395. The van der Waals surface area contributed by atoms with Crippen molar-refractivity contribution in [1.82, 2.24) is 5.48 Å². The van der Waals surface area contributed by atoms with Crippen molar-refractivity contribution in [3.05, 3.63) is 12.2 Å². The van der Waals surface area contributed by atoms with Gasteiger partial charge < -0.3 is 4.84 Å². The van der Waals surface area contributed by atoms with Gasteiger partial charge in [0, 0.05) is 12.1 Å². The van der Waals surface area contributed by atoms with Gasteiger partial charge in [-0.15, -0.1) is 12.4 Å². The van der Waals surface area contributed by atoms with E-state index in [0.717, 1.165) is 6.42 Å². The molecule has 0 bridgehead atoms. The summed E-state index contributed by atoms with van der Waals surface area (Å²) in [5.41, 5.74) is 2.91. The van der Waals surface area contributed by atoms with E-state index in [0.29, 0.717) is 12.1 Å². The van der Waals surface area contributed by atoms with Crippen molar-refractivity contribution in [2.75, 3.05) is 6.54 Å². The molecule has 0 radical (unpaired) electrons. The first kappa shape index (κ1) is 13.1. The van der Waals surface area contributed by atoms with Gasteiger partial charge in [0.05, 0.1) is 0 Å². The molecule has 1 N–H and O–H groups in total. The van der Waals surface area contributed by atoms with Crippen molar-refractivity contribution in [3.63, 3.8) is 0 Å². The summed E-state index contributed by atoms with van der Waals surface area (Å²) in [5, 5.41) is 0. The topological polar surface area (TPSA) is 38.3 Å². The Labute approximate surface area is 73.2 Å². The average molecular weight is 180 g/mol. The van der Waals surface area contributed by atoms with Gasteiger partial charge in [0.1, 0.15) is 0 Å². The molecule has 0 rings (SSSR count). The van der Waals surface area contributed by atoms with Crippen LogP contribution in [0.25, 0.3) is 0 Å². The quantitative estimate of drug-likeness (QED) is 0.403. The second-order valence-corrected chi connectivity index (χ2v) is 2.06. The number of hydroxylamine groups is 1. The first-order chi connectivity index (χ1) is 4.68. The Morgan fingerprint density at radius 3 is 2.55 bits per heavy atom. The lowest BCUT2D eigenvalue weighted by Crippen LogP contribution is -2.20. The van der Waals surface area contributed by atoms with Gasteiger partial charge in [0.2, 0.25) is 0 Å². The summed E-state index contributed by atoms with van der Waals surface area (Å²) in [6, 6.07) is 0. The van der Waals surface area contributed by atoms with Crippen LogP contribution in [0.2, 0.25) is 0 Å². The van der Waals surface area contributed by atoms with E-state index in [1.54, 1.807) is 6.92 Å². The molecule has 0 heterocycles. The molecule has 0 amide bonds. The van der Waals surface area contributed by atoms with Gasteiger partial charge in [0.25, 0.3) is 0 Å².